The van der Waals surface area contributed by atoms with Crippen LogP contribution in [0.4, 0.5) is 0 Å². The first-order valence-electron chi connectivity index (χ1n) is 5.31. The minimum absolute atomic E-state index is 0.377. The third kappa shape index (κ3) is 2.61. The molecular weight excluding hydrogens is 206 g/mol. The van der Waals surface area contributed by atoms with Crippen molar-refractivity contribution in [1.29, 1.82) is 0 Å². The van der Waals surface area contributed by atoms with Crippen molar-refractivity contribution >= 4 is 5.97 Å². The summed E-state index contributed by atoms with van der Waals surface area (Å²) >= 11 is 0. The van der Waals surface area contributed by atoms with Gasteiger partial charge in [-0.3, -0.25) is 9.48 Å². The quantitative estimate of drug-likeness (QED) is 0.766. The summed E-state index contributed by atoms with van der Waals surface area (Å²) in [6.07, 6.45) is 0.536. The molecule has 2 N–H and O–H groups in total. The Balaban J connectivity index is 2.61. The lowest BCUT2D eigenvalue weighted by Crippen LogP contribution is -2.32. The van der Waals surface area contributed by atoms with Gasteiger partial charge in [-0.05, 0) is 32.8 Å². The smallest absolute Gasteiger partial charge is 0.322 e. The summed E-state index contributed by atoms with van der Waals surface area (Å²) in [4.78, 5) is 11.1. The molecule has 0 fully saturated rings. The van der Waals surface area contributed by atoms with Gasteiger partial charge in [-0.15, -0.1) is 0 Å². The summed E-state index contributed by atoms with van der Waals surface area (Å²) in [5.41, 5.74) is 8.98. The highest BCUT2D eigenvalue weighted by Gasteiger charge is 2.15. The van der Waals surface area contributed by atoms with Gasteiger partial charge in [-0.1, -0.05) is 0 Å². The number of carbonyl (C=O) groups excluding carboxylic acids is 1. The Kier molecular flexibility index (Phi) is 4.06. The Morgan fingerprint density at radius 3 is 2.56 bits per heavy atom. The van der Waals surface area contributed by atoms with Crippen LogP contribution < -0.4 is 5.73 Å². The normalized spacial score (nSPS) is 12.6. The number of nitrogens with zero attached hydrogens (tertiary/aromatic N) is 2. The fraction of sp³-hybridized carbons (Fsp3) is 0.636. The third-order valence-electron chi connectivity index (χ3n) is 2.90. The van der Waals surface area contributed by atoms with Crippen molar-refractivity contribution in [3.8, 4) is 0 Å². The second-order valence-corrected chi connectivity index (χ2v) is 3.94. The zero-order chi connectivity index (χ0) is 12.3. The maximum atomic E-state index is 11.1. The number of carbonyl (C=O) groups is 1. The number of nitrogens with two attached hydrogens (primary N) is 1. The van der Waals surface area contributed by atoms with E-state index in [0.29, 0.717) is 13.0 Å². The van der Waals surface area contributed by atoms with Crippen LogP contribution in [0.15, 0.2) is 0 Å². The highest BCUT2D eigenvalue weighted by atomic mass is 16.5. The Morgan fingerprint density at radius 1 is 1.50 bits per heavy atom. The van der Waals surface area contributed by atoms with Crippen LogP contribution >= 0.6 is 0 Å². The Morgan fingerprint density at radius 2 is 2.12 bits per heavy atom. The Bertz CT molecular complexity index is 385. The fourth-order valence-corrected chi connectivity index (χ4v) is 1.53. The van der Waals surface area contributed by atoms with Gasteiger partial charge in [0, 0.05) is 12.2 Å². The van der Waals surface area contributed by atoms with Crippen LogP contribution in [0, 0.1) is 20.8 Å². The number of aryl methyl sites for hydroxylation is 2. The summed E-state index contributed by atoms with van der Waals surface area (Å²) in [5, 5.41) is 4.38. The molecule has 5 nitrogen and oxygen atoms in total. The van der Waals surface area contributed by atoms with E-state index < -0.39 is 6.04 Å². The van der Waals surface area contributed by atoms with Crippen LogP contribution in [-0.2, 0) is 16.1 Å². The molecule has 0 saturated heterocycles. The third-order valence-corrected chi connectivity index (χ3v) is 2.90. The molecule has 0 aliphatic heterocycles. The monoisotopic (exact) mass is 225 g/mol. The first kappa shape index (κ1) is 12.7. The number of ether oxygens (including phenoxy) is 1. The predicted molar refractivity (Wildman–Crippen MR) is 61.0 cm³/mol. The van der Waals surface area contributed by atoms with Crippen LogP contribution in [0.25, 0.3) is 0 Å². The highest BCUT2D eigenvalue weighted by Crippen LogP contribution is 2.11. The van der Waals surface area contributed by atoms with E-state index >= 15 is 0 Å². The SMILES string of the molecule is COC(=O)C(N)CCn1nc(C)c(C)c1C. The fourth-order valence-electron chi connectivity index (χ4n) is 1.53. The summed E-state index contributed by atoms with van der Waals surface area (Å²) < 4.78 is 6.45. The minimum Gasteiger partial charge on any atom is -0.468 e. The number of hydrogen-bond donors (Lipinski definition) is 1. The summed E-state index contributed by atoms with van der Waals surface area (Å²) in [6.45, 7) is 6.66. The molecule has 0 radical (unpaired) electrons. The summed E-state index contributed by atoms with van der Waals surface area (Å²) in [5.74, 6) is -0.377. The largest absolute Gasteiger partial charge is 0.468 e. The van der Waals surface area contributed by atoms with Gasteiger partial charge in [0.2, 0.25) is 0 Å². The molecule has 1 heterocycles. The molecule has 1 atom stereocenters. The molecule has 0 aromatic carbocycles. The van der Waals surface area contributed by atoms with Crippen LogP contribution in [0.2, 0.25) is 0 Å². The maximum absolute atomic E-state index is 11.1. The maximum Gasteiger partial charge on any atom is 0.322 e. The van der Waals surface area contributed by atoms with Gasteiger partial charge in [-0.25, -0.2) is 0 Å². The lowest BCUT2D eigenvalue weighted by atomic mass is 10.2. The lowest BCUT2D eigenvalue weighted by Gasteiger charge is -2.10. The lowest BCUT2D eigenvalue weighted by molar-refractivity contribution is -0.142. The molecule has 1 aromatic heterocycles. The van der Waals surface area contributed by atoms with E-state index in [1.54, 1.807) is 0 Å². The molecule has 0 saturated carbocycles. The van der Waals surface area contributed by atoms with Crippen molar-refractivity contribution in [3.63, 3.8) is 0 Å². The second kappa shape index (κ2) is 5.12. The van der Waals surface area contributed by atoms with Gasteiger partial charge in [0.15, 0.2) is 0 Å². The molecule has 0 aliphatic carbocycles. The van der Waals surface area contributed by atoms with Gasteiger partial charge in [0.05, 0.1) is 12.8 Å². The number of rotatable bonds is 4. The molecule has 0 spiro atoms. The van der Waals surface area contributed by atoms with Crippen molar-refractivity contribution in [1.82, 2.24) is 9.78 Å². The van der Waals surface area contributed by atoms with Gasteiger partial charge in [0.25, 0.3) is 0 Å². The molecule has 1 rings (SSSR count). The van der Waals surface area contributed by atoms with E-state index in [-0.39, 0.29) is 5.97 Å². The zero-order valence-electron chi connectivity index (χ0n) is 10.3. The van der Waals surface area contributed by atoms with Gasteiger partial charge in [-0.2, -0.15) is 5.10 Å². The molecule has 90 valence electrons. The number of hydrogen-bond acceptors (Lipinski definition) is 4. The van der Waals surface area contributed by atoms with E-state index in [1.807, 2.05) is 25.5 Å². The van der Waals surface area contributed by atoms with Gasteiger partial charge >= 0.3 is 5.97 Å². The van der Waals surface area contributed by atoms with Gasteiger partial charge in [0.1, 0.15) is 6.04 Å². The molecule has 16 heavy (non-hydrogen) atoms. The number of esters is 1. The highest BCUT2D eigenvalue weighted by molar-refractivity contribution is 5.75. The average molecular weight is 225 g/mol. The molecule has 1 aromatic rings. The molecule has 5 heteroatoms. The summed E-state index contributed by atoms with van der Waals surface area (Å²) in [7, 11) is 1.34. The number of aromatic nitrogens is 2. The Hall–Kier alpha value is -1.36. The molecular formula is C11H19N3O2. The minimum atomic E-state index is -0.575. The Labute approximate surface area is 95.6 Å². The van der Waals surface area contributed by atoms with Crippen molar-refractivity contribution < 1.29 is 9.53 Å². The van der Waals surface area contributed by atoms with Crippen molar-refractivity contribution in [2.75, 3.05) is 7.11 Å². The van der Waals surface area contributed by atoms with Crippen molar-refractivity contribution in [2.45, 2.75) is 39.8 Å². The van der Waals surface area contributed by atoms with E-state index in [2.05, 4.69) is 9.84 Å². The topological polar surface area (TPSA) is 70.1 Å². The molecule has 1 unspecified atom stereocenters. The van der Waals surface area contributed by atoms with Crippen LogP contribution in [0.5, 0.6) is 0 Å². The van der Waals surface area contributed by atoms with E-state index in [0.717, 1.165) is 11.4 Å². The second-order valence-electron chi connectivity index (χ2n) is 3.94. The number of methoxy groups -OCH3 is 1. The molecule has 0 amide bonds. The predicted octanol–water partition coefficient (Wildman–Crippen LogP) is 0.699. The van der Waals surface area contributed by atoms with E-state index in [4.69, 9.17) is 5.73 Å². The summed E-state index contributed by atoms with van der Waals surface area (Å²) in [6, 6.07) is -0.575. The molecule has 0 aliphatic rings. The van der Waals surface area contributed by atoms with Crippen LogP contribution in [0.3, 0.4) is 0 Å². The van der Waals surface area contributed by atoms with Crippen molar-refractivity contribution in [3.05, 3.63) is 17.0 Å². The van der Waals surface area contributed by atoms with E-state index in [1.165, 1.54) is 12.7 Å². The van der Waals surface area contributed by atoms with Crippen LogP contribution in [0.1, 0.15) is 23.4 Å². The molecule has 0 bridgehead atoms. The van der Waals surface area contributed by atoms with Gasteiger partial charge < -0.3 is 10.5 Å². The zero-order valence-corrected chi connectivity index (χ0v) is 10.3. The standard InChI is InChI=1S/C11H19N3O2/c1-7-8(2)13-14(9(7)3)6-5-10(12)11(15)16-4/h10H,5-6,12H2,1-4H3. The van der Waals surface area contributed by atoms with Crippen LogP contribution in [-0.4, -0.2) is 28.9 Å². The average Bonchev–Trinajstić information content (AvgIpc) is 2.52. The first-order chi connectivity index (χ1) is 7.47. The van der Waals surface area contributed by atoms with Crippen molar-refractivity contribution in [2.24, 2.45) is 5.73 Å². The first-order valence-corrected chi connectivity index (χ1v) is 5.31. The van der Waals surface area contributed by atoms with E-state index in [9.17, 15) is 4.79 Å².